The number of aryl methyl sites for hydroxylation is 1. The molecule has 0 unspecified atom stereocenters. The van der Waals surface area contributed by atoms with Gasteiger partial charge >= 0.3 is 0 Å². The lowest BCUT2D eigenvalue weighted by Gasteiger charge is -2.20. The summed E-state index contributed by atoms with van der Waals surface area (Å²) in [6.45, 7) is 3.59. The lowest BCUT2D eigenvalue weighted by atomic mass is 10.3. The molecule has 1 aromatic rings. The van der Waals surface area contributed by atoms with Crippen LogP contribution in [0.5, 0.6) is 0 Å². The van der Waals surface area contributed by atoms with E-state index >= 15 is 0 Å². The Kier molecular flexibility index (Phi) is 4.81. The first-order valence-electron chi connectivity index (χ1n) is 5.04. The average Bonchev–Trinajstić information content (AvgIpc) is 2.63. The van der Waals surface area contributed by atoms with Gasteiger partial charge in [0, 0.05) is 31.7 Å². The second-order valence-corrected chi connectivity index (χ2v) is 4.11. The van der Waals surface area contributed by atoms with E-state index in [4.69, 9.17) is 0 Å². The normalized spacial score (nSPS) is 10.3. The number of aromatic nitrogens is 2. The minimum Gasteiger partial charge on any atom is -0.337 e. The highest BCUT2D eigenvalue weighted by molar-refractivity contribution is 9.09. The van der Waals surface area contributed by atoms with Crippen LogP contribution in [0, 0.1) is 0 Å². The molecule has 0 aromatic carbocycles. The molecule has 0 aliphatic carbocycles. The average molecular weight is 274 g/mol. The van der Waals surface area contributed by atoms with Crippen LogP contribution in [-0.2, 0) is 7.05 Å². The molecule has 0 radical (unpaired) electrons. The van der Waals surface area contributed by atoms with Crippen molar-refractivity contribution in [2.45, 2.75) is 13.3 Å². The minimum atomic E-state index is 0.0521. The Labute approximate surface area is 98.4 Å². The third-order valence-electron chi connectivity index (χ3n) is 2.18. The van der Waals surface area contributed by atoms with Crippen molar-refractivity contribution in [2.75, 3.05) is 18.4 Å². The van der Waals surface area contributed by atoms with Crippen LogP contribution in [0.4, 0.5) is 0 Å². The van der Waals surface area contributed by atoms with Gasteiger partial charge in [0.2, 0.25) is 0 Å². The highest BCUT2D eigenvalue weighted by Gasteiger charge is 2.16. The molecule has 0 saturated heterocycles. The van der Waals surface area contributed by atoms with Crippen molar-refractivity contribution in [3.63, 3.8) is 0 Å². The SMILES string of the molecule is CCCN(CCBr)C(=O)c1ccnn1C. The molecule has 0 aliphatic rings. The molecule has 4 nitrogen and oxygen atoms in total. The molecule has 0 fully saturated rings. The number of carbonyl (C=O) groups is 1. The van der Waals surface area contributed by atoms with E-state index in [0.717, 1.165) is 24.8 Å². The fourth-order valence-electron chi connectivity index (χ4n) is 1.43. The van der Waals surface area contributed by atoms with Gasteiger partial charge in [0.25, 0.3) is 5.91 Å². The highest BCUT2D eigenvalue weighted by Crippen LogP contribution is 2.04. The third-order valence-corrected chi connectivity index (χ3v) is 2.53. The van der Waals surface area contributed by atoms with Crippen molar-refractivity contribution in [3.05, 3.63) is 18.0 Å². The second kappa shape index (κ2) is 5.90. The monoisotopic (exact) mass is 273 g/mol. The molecule has 0 aliphatic heterocycles. The van der Waals surface area contributed by atoms with E-state index in [9.17, 15) is 4.79 Å². The summed E-state index contributed by atoms with van der Waals surface area (Å²) in [5.41, 5.74) is 0.643. The Hall–Kier alpha value is -0.840. The minimum absolute atomic E-state index is 0.0521. The van der Waals surface area contributed by atoms with Gasteiger partial charge in [-0.2, -0.15) is 5.10 Å². The van der Waals surface area contributed by atoms with Crippen molar-refractivity contribution in [2.24, 2.45) is 7.05 Å². The first kappa shape index (κ1) is 12.2. The van der Waals surface area contributed by atoms with Crippen LogP contribution < -0.4 is 0 Å². The molecule has 0 atom stereocenters. The van der Waals surface area contributed by atoms with Gasteiger partial charge in [-0.25, -0.2) is 0 Å². The van der Waals surface area contributed by atoms with Crippen LogP contribution in [0.15, 0.2) is 12.3 Å². The zero-order valence-corrected chi connectivity index (χ0v) is 10.7. The molecule has 0 spiro atoms. The fraction of sp³-hybridized carbons (Fsp3) is 0.600. The van der Waals surface area contributed by atoms with Crippen molar-refractivity contribution in [1.82, 2.24) is 14.7 Å². The van der Waals surface area contributed by atoms with Gasteiger partial charge in [0.1, 0.15) is 5.69 Å². The Bertz CT molecular complexity index is 318. The van der Waals surface area contributed by atoms with E-state index < -0.39 is 0 Å². The molecular weight excluding hydrogens is 258 g/mol. The van der Waals surface area contributed by atoms with Gasteiger partial charge in [0.15, 0.2) is 0 Å². The van der Waals surface area contributed by atoms with E-state index in [2.05, 4.69) is 28.0 Å². The topological polar surface area (TPSA) is 38.1 Å². The maximum absolute atomic E-state index is 12.1. The van der Waals surface area contributed by atoms with Crippen molar-refractivity contribution in [1.29, 1.82) is 0 Å². The van der Waals surface area contributed by atoms with E-state index in [1.807, 2.05) is 4.90 Å². The third kappa shape index (κ3) is 3.06. The van der Waals surface area contributed by atoms with Crippen molar-refractivity contribution in [3.8, 4) is 0 Å². The molecule has 84 valence electrons. The standard InChI is InChI=1S/C10H16BrN3O/c1-3-7-14(8-5-11)10(15)9-4-6-12-13(9)2/h4,6H,3,5,7-8H2,1-2H3. The number of carbonyl (C=O) groups excluding carboxylic acids is 1. The zero-order chi connectivity index (χ0) is 11.3. The number of rotatable bonds is 5. The van der Waals surface area contributed by atoms with E-state index in [1.54, 1.807) is 24.0 Å². The summed E-state index contributed by atoms with van der Waals surface area (Å²) < 4.78 is 1.61. The summed E-state index contributed by atoms with van der Waals surface area (Å²) in [6.07, 6.45) is 2.61. The van der Waals surface area contributed by atoms with Crippen LogP contribution in [0.3, 0.4) is 0 Å². The number of hydrogen-bond acceptors (Lipinski definition) is 2. The maximum Gasteiger partial charge on any atom is 0.272 e. The molecule has 0 N–H and O–H groups in total. The molecule has 15 heavy (non-hydrogen) atoms. The largest absolute Gasteiger partial charge is 0.337 e. The van der Waals surface area contributed by atoms with Gasteiger partial charge in [-0.3, -0.25) is 9.48 Å². The lowest BCUT2D eigenvalue weighted by molar-refractivity contribution is 0.0755. The Morgan fingerprint density at radius 3 is 2.80 bits per heavy atom. The molecule has 0 saturated carbocycles. The summed E-state index contributed by atoms with van der Waals surface area (Å²) in [7, 11) is 1.78. The van der Waals surface area contributed by atoms with Gasteiger partial charge in [-0.05, 0) is 12.5 Å². The summed E-state index contributed by atoms with van der Waals surface area (Å²) in [5, 5.41) is 4.80. The molecule has 1 aromatic heterocycles. The number of hydrogen-bond donors (Lipinski definition) is 0. The fourth-order valence-corrected chi connectivity index (χ4v) is 1.86. The summed E-state index contributed by atoms with van der Waals surface area (Å²) in [6, 6.07) is 1.75. The maximum atomic E-state index is 12.1. The second-order valence-electron chi connectivity index (χ2n) is 3.32. The number of halogens is 1. The summed E-state index contributed by atoms with van der Waals surface area (Å²) >= 11 is 3.35. The summed E-state index contributed by atoms with van der Waals surface area (Å²) in [5.74, 6) is 0.0521. The van der Waals surface area contributed by atoms with Crippen LogP contribution in [-0.4, -0.2) is 39.0 Å². The van der Waals surface area contributed by atoms with Crippen LogP contribution in [0.2, 0.25) is 0 Å². The lowest BCUT2D eigenvalue weighted by Crippen LogP contribution is -2.34. The van der Waals surface area contributed by atoms with Crippen molar-refractivity contribution < 1.29 is 4.79 Å². The Balaban J connectivity index is 2.76. The quantitative estimate of drug-likeness (QED) is 0.766. The van der Waals surface area contributed by atoms with E-state index in [0.29, 0.717) is 5.69 Å². The predicted molar refractivity (Wildman–Crippen MR) is 63.2 cm³/mol. The Morgan fingerprint density at radius 2 is 2.33 bits per heavy atom. The van der Waals surface area contributed by atoms with Gasteiger partial charge in [-0.15, -0.1) is 0 Å². The molecule has 1 rings (SSSR count). The molecule has 0 bridgehead atoms. The zero-order valence-electron chi connectivity index (χ0n) is 9.11. The van der Waals surface area contributed by atoms with Gasteiger partial charge in [-0.1, -0.05) is 22.9 Å². The summed E-state index contributed by atoms with van der Waals surface area (Å²) in [4.78, 5) is 13.9. The predicted octanol–water partition coefficient (Wildman–Crippen LogP) is 1.67. The van der Waals surface area contributed by atoms with Gasteiger partial charge < -0.3 is 4.90 Å². The van der Waals surface area contributed by atoms with E-state index in [1.165, 1.54) is 0 Å². The number of amides is 1. The first-order valence-corrected chi connectivity index (χ1v) is 6.16. The number of nitrogens with zero attached hydrogens (tertiary/aromatic N) is 3. The van der Waals surface area contributed by atoms with Gasteiger partial charge in [0.05, 0.1) is 0 Å². The molecule has 5 heteroatoms. The van der Waals surface area contributed by atoms with Crippen LogP contribution in [0.25, 0.3) is 0 Å². The molecular formula is C10H16BrN3O. The molecule has 1 heterocycles. The smallest absolute Gasteiger partial charge is 0.272 e. The van der Waals surface area contributed by atoms with E-state index in [-0.39, 0.29) is 5.91 Å². The Morgan fingerprint density at radius 1 is 1.60 bits per heavy atom. The molecule has 1 amide bonds. The highest BCUT2D eigenvalue weighted by atomic mass is 79.9. The van der Waals surface area contributed by atoms with Crippen molar-refractivity contribution >= 4 is 21.8 Å². The first-order chi connectivity index (χ1) is 7.20. The van der Waals surface area contributed by atoms with Crippen LogP contribution >= 0.6 is 15.9 Å². The van der Waals surface area contributed by atoms with Crippen LogP contribution in [0.1, 0.15) is 23.8 Å². The number of alkyl halides is 1.